The van der Waals surface area contributed by atoms with Gasteiger partial charge in [0.25, 0.3) is 15.9 Å². The quantitative estimate of drug-likeness (QED) is 0.461. The first kappa shape index (κ1) is 24.3. The Morgan fingerprint density at radius 2 is 1.89 bits per heavy atom. The van der Waals surface area contributed by atoms with Crippen molar-refractivity contribution >= 4 is 33.2 Å². The van der Waals surface area contributed by atoms with Gasteiger partial charge in [-0.3, -0.25) is 9.52 Å². The molecule has 0 spiro atoms. The van der Waals surface area contributed by atoms with E-state index in [9.17, 15) is 32.4 Å². The van der Waals surface area contributed by atoms with Crippen LogP contribution >= 0.6 is 11.6 Å². The summed E-state index contributed by atoms with van der Waals surface area (Å²) in [6.45, 7) is -0.0136. The summed E-state index contributed by atoms with van der Waals surface area (Å²) in [5, 5.41) is 19.1. The number of likely N-dealkylation sites (N-methyl/N-ethyl adjacent to an activating group) is 1. The molecule has 1 aliphatic heterocycles. The lowest BCUT2D eigenvalue weighted by Crippen LogP contribution is -2.31. The predicted octanol–water partition coefficient (Wildman–Crippen LogP) is 4.13. The third kappa shape index (κ3) is 4.58. The maximum absolute atomic E-state index is 14.8. The van der Waals surface area contributed by atoms with Crippen LogP contribution in [0.1, 0.15) is 15.9 Å². The van der Waals surface area contributed by atoms with Crippen LogP contribution in [-0.4, -0.2) is 44.5 Å². The number of phenolic OH excluding ortho intramolecular Hbond substituents is 1. The first-order valence-electron chi connectivity index (χ1n) is 9.99. The lowest BCUT2D eigenvalue weighted by atomic mass is 10.0. The molecule has 0 radical (unpaired) electrons. The Balaban J connectivity index is 1.98. The monoisotopic (exact) mass is 519 g/mol. The Bertz CT molecular complexity index is 1520. The summed E-state index contributed by atoms with van der Waals surface area (Å²) in [5.74, 6) is -3.62. The summed E-state index contributed by atoms with van der Waals surface area (Å²) in [6.07, 6.45) is 0. The van der Waals surface area contributed by atoms with E-state index in [0.717, 1.165) is 18.2 Å². The SMILES string of the molecule is CN1CCOc2ccc(C#N)cc2-c2cc(c(F)cc2F)NS(=O)(=O)c2cc(cc(Cl)c2O)C1=O. The van der Waals surface area contributed by atoms with Gasteiger partial charge in [0.05, 0.1) is 28.9 Å². The number of nitrogens with zero attached hydrogens (tertiary/aromatic N) is 2. The predicted molar refractivity (Wildman–Crippen MR) is 123 cm³/mol. The fourth-order valence-corrected chi connectivity index (χ4v) is 4.96. The Morgan fingerprint density at radius 3 is 2.60 bits per heavy atom. The highest BCUT2D eigenvalue weighted by molar-refractivity contribution is 7.92. The van der Waals surface area contributed by atoms with E-state index >= 15 is 0 Å². The van der Waals surface area contributed by atoms with Crippen molar-refractivity contribution < 1.29 is 31.8 Å². The normalized spacial score (nSPS) is 15.1. The van der Waals surface area contributed by atoms with Crippen LogP contribution in [-0.2, 0) is 10.0 Å². The molecule has 0 fully saturated rings. The van der Waals surface area contributed by atoms with E-state index in [1.807, 2.05) is 10.8 Å². The van der Waals surface area contributed by atoms with E-state index in [4.69, 9.17) is 16.3 Å². The zero-order valence-electron chi connectivity index (χ0n) is 18.0. The Hall–Kier alpha value is -3.88. The second-order valence-electron chi connectivity index (χ2n) is 7.62. The van der Waals surface area contributed by atoms with E-state index in [-0.39, 0.29) is 41.2 Å². The lowest BCUT2D eigenvalue weighted by molar-refractivity contribution is 0.0773. The van der Waals surface area contributed by atoms with Crippen molar-refractivity contribution in [1.29, 1.82) is 5.26 Å². The molecule has 0 unspecified atom stereocenters. The molecule has 180 valence electrons. The van der Waals surface area contributed by atoms with Crippen molar-refractivity contribution in [2.24, 2.45) is 0 Å². The molecule has 4 rings (SSSR count). The minimum absolute atomic E-state index is 0.0360. The minimum Gasteiger partial charge on any atom is -0.505 e. The molecule has 3 aromatic rings. The van der Waals surface area contributed by atoms with E-state index in [2.05, 4.69) is 0 Å². The first-order chi connectivity index (χ1) is 16.5. The Kier molecular flexibility index (Phi) is 6.27. The lowest BCUT2D eigenvalue weighted by Gasteiger charge is -2.19. The van der Waals surface area contributed by atoms with Crippen LogP contribution in [0.4, 0.5) is 14.5 Å². The van der Waals surface area contributed by atoms with Gasteiger partial charge in [0.15, 0.2) is 5.75 Å². The summed E-state index contributed by atoms with van der Waals surface area (Å²) < 4.78 is 63.3. The van der Waals surface area contributed by atoms with Gasteiger partial charge in [-0.2, -0.15) is 5.26 Å². The molecule has 1 amide bonds. The average Bonchev–Trinajstić information content (AvgIpc) is 2.81. The van der Waals surface area contributed by atoms with Crippen molar-refractivity contribution in [1.82, 2.24) is 4.90 Å². The number of hydrogen-bond donors (Lipinski definition) is 2. The number of carbonyl (C=O) groups excluding carboxylic acids is 1. The molecule has 2 N–H and O–H groups in total. The van der Waals surface area contributed by atoms with Crippen LogP contribution < -0.4 is 9.46 Å². The number of rotatable bonds is 0. The van der Waals surface area contributed by atoms with Crippen molar-refractivity contribution in [2.75, 3.05) is 24.9 Å². The average molecular weight is 520 g/mol. The smallest absolute Gasteiger partial charge is 0.265 e. The van der Waals surface area contributed by atoms with Gasteiger partial charge in [0, 0.05) is 29.8 Å². The summed E-state index contributed by atoms with van der Waals surface area (Å²) in [5.41, 5.74) is -0.818. The van der Waals surface area contributed by atoms with Gasteiger partial charge in [0.1, 0.15) is 28.9 Å². The van der Waals surface area contributed by atoms with Gasteiger partial charge in [-0.15, -0.1) is 0 Å². The zero-order chi connectivity index (χ0) is 25.5. The van der Waals surface area contributed by atoms with Crippen LogP contribution in [0.5, 0.6) is 11.5 Å². The van der Waals surface area contributed by atoms with E-state index in [0.29, 0.717) is 6.07 Å². The third-order valence-electron chi connectivity index (χ3n) is 5.30. The molecule has 0 atom stereocenters. The number of nitrogens with one attached hydrogen (secondary N) is 1. The van der Waals surface area contributed by atoms with Gasteiger partial charge in [-0.25, -0.2) is 17.2 Å². The topological polar surface area (TPSA) is 120 Å². The molecule has 35 heavy (non-hydrogen) atoms. The van der Waals surface area contributed by atoms with E-state index < -0.39 is 48.9 Å². The van der Waals surface area contributed by atoms with Crippen LogP contribution in [0.3, 0.4) is 0 Å². The standard InChI is InChI=1S/C23H16ClF2N3O5S/c1-29-4-5-34-20-3-2-12(11-27)6-15(20)14-9-19(18(26)10-17(14)25)28-35(32,33)21-8-13(23(29)31)7-16(24)22(21)30/h2-3,6-10,28,30H,4-5H2,1H3. The summed E-state index contributed by atoms with van der Waals surface area (Å²) >= 11 is 5.97. The van der Waals surface area contributed by atoms with E-state index in [1.165, 1.54) is 30.1 Å². The number of aromatic hydroxyl groups is 1. The number of phenols is 1. The summed E-state index contributed by atoms with van der Waals surface area (Å²) in [6, 6.07) is 9.47. The molecule has 4 bridgehead atoms. The molecule has 0 aromatic heterocycles. The molecule has 3 aromatic carbocycles. The maximum Gasteiger partial charge on any atom is 0.265 e. The van der Waals surface area contributed by atoms with Crippen LogP contribution in [0, 0.1) is 23.0 Å². The van der Waals surface area contributed by atoms with Crippen molar-refractivity contribution in [3.05, 3.63) is 70.2 Å². The molecule has 1 aliphatic rings. The number of sulfonamides is 1. The van der Waals surface area contributed by atoms with Gasteiger partial charge < -0.3 is 14.7 Å². The number of anilines is 1. The van der Waals surface area contributed by atoms with Crippen LogP contribution in [0.25, 0.3) is 11.1 Å². The molecule has 0 saturated carbocycles. The molecule has 1 heterocycles. The summed E-state index contributed by atoms with van der Waals surface area (Å²) in [7, 11) is -3.26. The second kappa shape index (κ2) is 9.05. The fourth-order valence-electron chi connectivity index (χ4n) is 3.49. The van der Waals surface area contributed by atoms with Crippen molar-refractivity contribution in [3.8, 4) is 28.7 Å². The first-order valence-corrected chi connectivity index (χ1v) is 11.8. The second-order valence-corrected chi connectivity index (χ2v) is 9.68. The number of fused-ring (bicyclic) bond motifs is 6. The maximum atomic E-state index is 14.8. The highest BCUT2D eigenvalue weighted by Gasteiger charge is 2.27. The number of halogens is 3. The molecular weight excluding hydrogens is 504 g/mol. The molecule has 8 nitrogen and oxygen atoms in total. The Labute approximate surface area is 204 Å². The summed E-state index contributed by atoms with van der Waals surface area (Å²) in [4.78, 5) is 13.3. The number of ether oxygens (including phenoxy) is 1. The molecular formula is C23H16ClF2N3O5S. The third-order valence-corrected chi connectivity index (χ3v) is 6.96. The van der Waals surface area contributed by atoms with Gasteiger partial charge in [-0.05, 0) is 36.4 Å². The van der Waals surface area contributed by atoms with Crippen LogP contribution in [0.2, 0.25) is 5.02 Å². The van der Waals surface area contributed by atoms with Crippen molar-refractivity contribution in [2.45, 2.75) is 4.90 Å². The molecule has 0 aliphatic carbocycles. The highest BCUT2D eigenvalue weighted by atomic mass is 35.5. The largest absolute Gasteiger partial charge is 0.505 e. The van der Waals surface area contributed by atoms with Gasteiger partial charge in [-0.1, -0.05) is 11.6 Å². The molecule has 0 saturated heterocycles. The zero-order valence-corrected chi connectivity index (χ0v) is 19.5. The number of amides is 1. The number of hydrogen-bond acceptors (Lipinski definition) is 6. The van der Waals surface area contributed by atoms with Crippen molar-refractivity contribution in [3.63, 3.8) is 0 Å². The number of benzene rings is 3. The molecule has 12 heteroatoms. The van der Waals surface area contributed by atoms with E-state index in [1.54, 1.807) is 0 Å². The van der Waals surface area contributed by atoms with Gasteiger partial charge in [0.2, 0.25) is 0 Å². The number of carbonyl (C=O) groups is 1. The minimum atomic E-state index is -4.70. The fraction of sp³-hybridized carbons (Fsp3) is 0.130. The Morgan fingerprint density at radius 1 is 1.14 bits per heavy atom. The number of nitriles is 1. The highest BCUT2D eigenvalue weighted by Crippen LogP contribution is 2.38. The van der Waals surface area contributed by atoms with Gasteiger partial charge >= 0.3 is 0 Å². The van der Waals surface area contributed by atoms with Crippen LogP contribution in [0.15, 0.2) is 47.4 Å².